The van der Waals surface area contributed by atoms with Gasteiger partial charge in [0.15, 0.2) is 0 Å². The molecule has 0 saturated carbocycles. The number of hydrogen-bond acceptors (Lipinski definition) is 3. The fraction of sp³-hybridized carbons (Fsp3) is 0.462. The van der Waals surface area contributed by atoms with E-state index in [0.717, 1.165) is 0 Å². The molecule has 0 heterocycles. The maximum absolute atomic E-state index is 13.1. The maximum Gasteiger partial charge on any atom is 0.236 e. The van der Waals surface area contributed by atoms with Crippen LogP contribution >= 0.6 is 0 Å². The molecule has 0 fully saturated rings. The van der Waals surface area contributed by atoms with Gasteiger partial charge in [-0.15, -0.1) is 0 Å². The summed E-state index contributed by atoms with van der Waals surface area (Å²) in [7, 11) is 1.72. The summed E-state index contributed by atoms with van der Waals surface area (Å²) in [5.41, 5.74) is 0.446. The molecule has 1 atom stereocenters. The van der Waals surface area contributed by atoms with Crippen LogP contribution in [0.1, 0.15) is 25.5 Å². The summed E-state index contributed by atoms with van der Waals surface area (Å²) < 4.78 is 13.1. The van der Waals surface area contributed by atoms with E-state index in [1.54, 1.807) is 18.9 Å². The Hall–Kier alpha value is -1.62. The summed E-state index contributed by atoms with van der Waals surface area (Å²) in [4.78, 5) is 13.2. The zero-order chi connectivity index (χ0) is 13.7. The van der Waals surface area contributed by atoms with E-state index in [1.807, 2.05) is 6.92 Å². The first kappa shape index (κ1) is 14.4. The van der Waals surface area contributed by atoms with Crippen molar-refractivity contribution >= 4 is 5.91 Å². The van der Waals surface area contributed by atoms with Crippen molar-refractivity contribution in [2.75, 3.05) is 20.1 Å². The summed E-state index contributed by atoms with van der Waals surface area (Å²) in [6.45, 7) is 4.45. The lowest BCUT2D eigenvalue weighted by Crippen LogP contribution is -2.36. The molecular weight excluding hydrogens is 235 g/mol. The second-order valence-corrected chi connectivity index (χ2v) is 4.21. The van der Waals surface area contributed by atoms with Gasteiger partial charge in [0.05, 0.1) is 6.54 Å². The number of phenols is 1. The molecule has 100 valence electrons. The third kappa shape index (κ3) is 3.70. The van der Waals surface area contributed by atoms with E-state index in [4.69, 9.17) is 0 Å². The van der Waals surface area contributed by atoms with Crippen LogP contribution in [0.25, 0.3) is 0 Å². The second kappa shape index (κ2) is 6.35. The summed E-state index contributed by atoms with van der Waals surface area (Å²) >= 11 is 0. The largest absolute Gasteiger partial charge is 0.508 e. The number of nitrogens with zero attached hydrogens (tertiary/aromatic N) is 1. The third-order valence-electron chi connectivity index (χ3n) is 2.92. The first-order valence-corrected chi connectivity index (χ1v) is 5.91. The smallest absolute Gasteiger partial charge is 0.236 e. The first-order valence-electron chi connectivity index (χ1n) is 5.91. The molecule has 0 saturated heterocycles. The van der Waals surface area contributed by atoms with Crippen molar-refractivity contribution < 1.29 is 14.3 Å². The van der Waals surface area contributed by atoms with Crippen LogP contribution in [0.2, 0.25) is 0 Å². The summed E-state index contributed by atoms with van der Waals surface area (Å²) in [5.74, 6) is -0.429. The quantitative estimate of drug-likeness (QED) is 0.840. The fourth-order valence-corrected chi connectivity index (χ4v) is 1.53. The molecule has 0 aliphatic rings. The molecule has 1 unspecified atom stereocenters. The van der Waals surface area contributed by atoms with Crippen LogP contribution in [-0.2, 0) is 4.79 Å². The molecule has 2 N–H and O–H groups in total. The monoisotopic (exact) mass is 254 g/mol. The van der Waals surface area contributed by atoms with Gasteiger partial charge in [-0.2, -0.15) is 0 Å². The Morgan fingerprint density at radius 1 is 1.56 bits per heavy atom. The Bertz CT molecular complexity index is 423. The number of rotatable bonds is 5. The van der Waals surface area contributed by atoms with Crippen molar-refractivity contribution in [3.63, 3.8) is 0 Å². The molecule has 0 aliphatic heterocycles. The highest BCUT2D eigenvalue weighted by molar-refractivity contribution is 5.77. The number of phenolic OH excluding ortho intramolecular Hbond substituents is 1. The molecule has 0 spiro atoms. The van der Waals surface area contributed by atoms with Crippen molar-refractivity contribution in [1.82, 2.24) is 10.2 Å². The first-order chi connectivity index (χ1) is 8.45. The fourth-order valence-electron chi connectivity index (χ4n) is 1.53. The van der Waals surface area contributed by atoms with Crippen molar-refractivity contribution in [3.8, 4) is 5.75 Å². The van der Waals surface area contributed by atoms with E-state index in [1.165, 1.54) is 18.2 Å². The average molecular weight is 254 g/mol. The van der Waals surface area contributed by atoms with Crippen molar-refractivity contribution in [2.24, 2.45) is 0 Å². The van der Waals surface area contributed by atoms with Crippen LogP contribution in [0.5, 0.6) is 5.75 Å². The molecule has 1 aromatic rings. The standard InChI is InChI=1S/C13H19FN2O2/c1-4-16(3)13(18)8-15-9(2)11-7-10(14)5-6-12(11)17/h5-7,9,15,17H,4,8H2,1-3H3. The highest BCUT2D eigenvalue weighted by atomic mass is 19.1. The number of benzene rings is 1. The topological polar surface area (TPSA) is 52.6 Å². The van der Waals surface area contributed by atoms with E-state index in [2.05, 4.69) is 5.32 Å². The van der Waals surface area contributed by atoms with E-state index in [0.29, 0.717) is 12.1 Å². The van der Waals surface area contributed by atoms with Gasteiger partial charge in [-0.25, -0.2) is 4.39 Å². The van der Waals surface area contributed by atoms with Crippen LogP contribution in [0.15, 0.2) is 18.2 Å². The number of nitrogens with one attached hydrogen (secondary N) is 1. The van der Waals surface area contributed by atoms with Gasteiger partial charge in [0.2, 0.25) is 5.91 Å². The van der Waals surface area contributed by atoms with Gasteiger partial charge >= 0.3 is 0 Å². The van der Waals surface area contributed by atoms with E-state index in [-0.39, 0.29) is 24.2 Å². The van der Waals surface area contributed by atoms with Crippen molar-refractivity contribution in [1.29, 1.82) is 0 Å². The van der Waals surface area contributed by atoms with E-state index >= 15 is 0 Å². The Labute approximate surface area is 106 Å². The molecule has 1 rings (SSSR count). The highest BCUT2D eigenvalue weighted by Crippen LogP contribution is 2.24. The zero-order valence-electron chi connectivity index (χ0n) is 10.9. The van der Waals surface area contributed by atoms with E-state index < -0.39 is 5.82 Å². The van der Waals surface area contributed by atoms with Gasteiger partial charge in [0, 0.05) is 25.2 Å². The molecule has 4 nitrogen and oxygen atoms in total. The summed E-state index contributed by atoms with van der Waals surface area (Å²) in [6, 6.07) is 3.47. The highest BCUT2D eigenvalue weighted by Gasteiger charge is 2.13. The number of amides is 1. The van der Waals surface area contributed by atoms with Gasteiger partial charge < -0.3 is 15.3 Å². The number of aromatic hydroxyl groups is 1. The molecule has 5 heteroatoms. The van der Waals surface area contributed by atoms with Gasteiger partial charge in [-0.3, -0.25) is 4.79 Å². The number of hydrogen-bond donors (Lipinski definition) is 2. The average Bonchev–Trinajstić information content (AvgIpc) is 2.37. The minimum atomic E-state index is -0.409. The number of carbonyl (C=O) groups is 1. The Morgan fingerprint density at radius 2 is 2.22 bits per heavy atom. The Balaban J connectivity index is 2.63. The minimum Gasteiger partial charge on any atom is -0.508 e. The number of carbonyl (C=O) groups excluding carboxylic acids is 1. The Kier molecular flexibility index (Phi) is 5.09. The van der Waals surface area contributed by atoms with Crippen LogP contribution in [0.4, 0.5) is 4.39 Å². The second-order valence-electron chi connectivity index (χ2n) is 4.21. The number of halogens is 1. The lowest BCUT2D eigenvalue weighted by Gasteiger charge is -2.19. The molecule has 1 amide bonds. The predicted octanol–water partition coefficient (Wildman–Crippen LogP) is 1.66. The lowest BCUT2D eigenvalue weighted by atomic mass is 10.1. The van der Waals surface area contributed by atoms with Gasteiger partial charge in [0.25, 0.3) is 0 Å². The van der Waals surface area contributed by atoms with Gasteiger partial charge in [-0.1, -0.05) is 0 Å². The molecule has 0 aliphatic carbocycles. The third-order valence-corrected chi connectivity index (χ3v) is 2.92. The molecule has 18 heavy (non-hydrogen) atoms. The van der Waals surface area contributed by atoms with Crippen molar-refractivity contribution in [2.45, 2.75) is 19.9 Å². The SMILES string of the molecule is CCN(C)C(=O)CNC(C)c1cc(F)ccc1O. The normalized spacial score (nSPS) is 12.2. The number of likely N-dealkylation sites (N-methyl/N-ethyl adjacent to an activating group) is 1. The van der Waals surface area contributed by atoms with Crippen LogP contribution in [-0.4, -0.2) is 36.1 Å². The molecule has 0 aromatic heterocycles. The van der Waals surface area contributed by atoms with Crippen molar-refractivity contribution in [3.05, 3.63) is 29.6 Å². The van der Waals surface area contributed by atoms with Crippen LogP contribution in [0.3, 0.4) is 0 Å². The maximum atomic E-state index is 13.1. The molecular formula is C13H19FN2O2. The van der Waals surface area contributed by atoms with E-state index in [9.17, 15) is 14.3 Å². The van der Waals surface area contributed by atoms with Crippen LogP contribution in [0, 0.1) is 5.82 Å². The molecule has 0 radical (unpaired) electrons. The summed E-state index contributed by atoms with van der Waals surface area (Å²) in [6.07, 6.45) is 0. The lowest BCUT2D eigenvalue weighted by molar-refractivity contribution is -0.128. The Morgan fingerprint density at radius 3 is 2.83 bits per heavy atom. The zero-order valence-corrected chi connectivity index (χ0v) is 10.9. The predicted molar refractivity (Wildman–Crippen MR) is 67.8 cm³/mol. The minimum absolute atomic E-state index is 0.0210. The summed E-state index contributed by atoms with van der Waals surface area (Å²) in [5, 5.41) is 12.6. The van der Waals surface area contributed by atoms with Gasteiger partial charge in [0.1, 0.15) is 11.6 Å². The van der Waals surface area contributed by atoms with Gasteiger partial charge in [-0.05, 0) is 32.0 Å². The molecule has 0 bridgehead atoms. The van der Waals surface area contributed by atoms with Crippen LogP contribution < -0.4 is 5.32 Å². The molecule has 1 aromatic carbocycles.